The number of phenols is 1. The summed E-state index contributed by atoms with van der Waals surface area (Å²) in [6, 6.07) is 3.46. The highest BCUT2D eigenvalue weighted by Crippen LogP contribution is 2.57. The zero-order valence-corrected chi connectivity index (χ0v) is 15.5. The number of hydrogen-bond donors (Lipinski definition) is 4. The normalized spacial score (nSPS) is 34.2. The lowest BCUT2D eigenvalue weighted by molar-refractivity contribution is -0.195. The van der Waals surface area contributed by atoms with Crippen molar-refractivity contribution in [3.8, 4) is 17.2 Å². The molecule has 2 aromatic rings. The van der Waals surface area contributed by atoms with Crippen LogP contribution in [0.4, 0.5) is 5.69 Å². The molecule has 2 saturated heterocycles. The van der Waals surface area contributed by atoms with E-state index in [1.807, 2.05) is 0 Å². The number of ketones is 1. The Balaban J connectivity index is 1.63. The third kappa shape index (κ3) is 1.91. The van der Waals surface area contributed by atoms with E-state index in [-0.39, 0.29) is 34.8 Å². The Kier molecular flexibility index (Phi) is 3.16. The van der Waals surface area contributed by atoms with Crippen molar-refractivity contribution in [3.05, 3.63) is 23.3 Å². The Morgan fingerprint density at radius 2 is 2.10 bits per heavy atom. The van der Waals surface area contributed by atoms with Crippen LogP contribution in [0.3, 0.4) is 0 Å². The molecule has 3 heterocycles. The molecule has 0 aromatic heterocycles. The van der Waals surface area contributed by atoms with E-state index in [0.717, 1.165) is 0 Å². The molecule has 2 aromatic carbocycles. The molecule has 3 aliphatic heterocycles. The van der Waals surface area contributed by atoms with Crippen molar-refractivity contribution in [2.75, 3.05) is 19.0 Å². The number of rotatable bonds is 1. The first-order valence-corrected chi connectivity index (χ1v) is 9.48. The average molecular weight is 401 g/mol. The molecule has 0 radical (unpaired) electrons. The zero-order chi connectivity index (χ0) is 20.1. The summed E-state index contributed by atoms with van der Waals surface area (Å²) in [5.74, 6) is -1.73. The number of carbonyl (C=O) groups excluding carboxylic acids is 1. The van der Waals surface area contributed by atoms with Gasteiger partial charge in [-0.2, -0.15) is 0 Å². The molecule has 0 saturated carbocycles. The van der Waals surface area contributed by atoms with Crippen LogP contribution in [0, 0.1) is 0 Å². The van der Waals surface area contributed by atoms with Gasteiger partial charge < -0.3 is 39.6 Å². The molecule has 4 aliphatic rings. The van der Waals surface area contributed by atoms with Crippen LogP contribution in [0.5, 0.6) is 17.2 Å². The fraction of sp³-hybridized carbons (Fsp3) is 0.450. The van der Waals surface area contributed by atoms with E-state index in [2.05, 4.69) is 5.32 Å². The van der Waals surface area contributed by atoms with Crippen molar-refractivity contribution in [2.45, 2.75) is 43.2 Å². The Bertz CT molecular complexity index is 1090. The Morgan fingerprint density at radius 1 is 1.31 bits per heavy atom. The fourth-order valence-corrected chi connectivity index (χ4v) is 4.82. The number of benzene rings is 2. The van der Waals surface area contributed by atoms with E-state index in [9.17, 15) is 20.1 Å². The number of aromatic hydroxyl groups is 1. The minimum absolute atomic E-state index is 0.0616. The molecule has 9 nitrogen and oxygen atoms in total. The van der Waals surface area contributed by atoms with Gasteiger partial charge in [0.2, 0.25) is 5.60 Å². The third-order valence-electron chi connectivity index (χ3n) is 6.39. The van der Waals surface area contributed by atoms with Crippen molar-refractivity contribution >= 4 is 22.2 Å². The molecular formula is C20H19NO8. The van der Waals surface area contributed by atoms with Gasteiger partial charge in [-0.1, -0.05) is 0 Å². The molecule has 2 fully saturated rings. The molecule has 1 spiro atoms. The maximum absolute atomic E-state index is 12.6. The number of epoxide rings is 1. The minimum atomic E-state index is -2.01. The van der Waals surface area contributed by atoms with Crippen LogP contribution in [0.1, 0.15) is 28.8 Å². The van der Waals surface area contributed by atoms with Crippen LogP contribution in [0.2, 0.25) is 0 Å². The molecule has 1 aliphatic carbocycles. The lowest BCUT2D eigenvalue weighted by atomic mass is 9.85. The second-order valence-corrected chi connectivity index (χ2v) is 7.87. The predicted octanol–water partition coefficient (Wildman–Crippen LogP) is 1.01. The Hall–Kier alpha value is -2.59. The number of phenolic OH excluding ortho intramolecular Hbond substituents is 1. The highest BCUT2D eigenvalue weighted by atomic mass is 16.8. The number of aliphatic hydroxyl groups excluding tert-OH is 1. The van der Waals surface area contributed by atoms with Gasteiger partial charge in [-0.3, -0.25) is 4.79 Å². The first-order chi connectivity index (χ1) is 13.9. The van der Waals surface area contributed by atoms with Gasteiger partial charge in [0.1, 0.15) is 11.5 Å². The van der Waals surface area contributed by atoms with Gasteiger partial charge in [0.15, 0.2) is 24.1 Å². The monoisotopic (exact) mass is 401 g/mol. The molecule has 6 rings (SSSR count). The average Bonchev–Trinajstić information content (AvgIpc) is 3.48. The van der Waals surface area contributed by atoms with E-state index in [0.29, 0.717) is 41.6 Å². The summed E-state index contributed by atoms with van der Waals surface area (Å²) in [4.78, 5) is 12.6. The number of methoxy groups -OCH3 is 1. The predicted molar refractivity (Wildman–Crippen MR) is 98.2 cm³/mol. The minimum Gasteiger partial charge on any atom is -0.506 e. The summed E-state index contributed by atoms with van der Waals surface area (Å²) in [7, 11) is 1.52. The van der Waals surface area contributed by atoms with E-state index in [1.165, 1.54) is 7.11 Å². The molecule has 0 bridgehead atoms. The number of hydrogen-bond acceptors (Lipinski definition) is 9. The van der Waals surface area contributed by atoms with Gasteiger partial charge in [0.05, 0.1) is 30.4 Å². The van der Waals surface area contributed by atoms with E-state index >= 15 is 0 Å². The van der Waals surface area contributed by atoms with Crippen molar-refractivity contribution in [3.63, 3.8) is 0 Å². The molecule has 4 N–H and O–H groups in total. The number of ether oxygens (including phenoxy) is 4. The van der Waals surface area contributed by atoms with Crippen LogP contribution >= 0.6 is 0 Å². The molecule has 29 heavy (non-hydrogen) atoms. The molecule has 0 amide bonds. The summed E-state index contributed by atoms with van der Waals surface area (Å²) in [6.45, 7) is 0.0616. The molecule has 4 atom stereocenters. The van der Waals surface area contributed by atoms with Gasteiger partial charge in [0.25, 0.3) is 5.79 Å². The number of nitrogens with one attached hydrogen (secondary N) is 1. The van der Waals surface area contributed by atoms with Crippen LogP contribution in [0.15, 0.2) is 12.1 Å². The van der Waals surface area contributed by atoms with Crippen molar-refractivity contribution in [1.29, 1.82) is 0 Å². The molecular weight excluding hydrogens is 382 g/mol. The van der Waals surface area contributed by atoms with E-state index in [4.69, 9.17) is 18.9 Å². The summed E-state index contributed by atoms with van der Waals surface area (Å²) in [6.07, 6.45) is -0.789. The number of anilines is 1. The summed E-state index contributed by atoms with van der Waals surface area (Å²) >= 11 is 0. The van der Waals surface area contributed by atoms with Gasteiger partial charge in [-0.05, 0) is 25.0 Å². The number of carbonyl (C=O) groups is 1. The topological polar surface area (TPSA) is 130 Å². The second-order valence-electron chi connectivity index (χ2n) is 7.87. The zero-order valence-electron chi connectivity index (χ0n) is 15.5. The van der Waals surface area contributed by atoms with Crippen molar-refractivity contribution < 1.29 is 39.1 Å². The van der Waals surface area contributed by atoms with Crippen molar-refractivity contribution in [2.24, 2.45) is 0 Å². The van der Waals surface area contributed by atoms with Gasteiger partial charge in [-0.15, -0.1) is 0 Å². The number of Topliss-reactive ketones (excluding diaryl/α,β-unsaturated/α-hetero) is 1. The van der Waals surface area contributed by atoms with Gasteiger partial charge >= 0.3 is 0 Å². The standard InChI is InChI=1S/C20H19NO8/c1-26-15-8-3-2-4-11(22)12(8)14(23)13-9(15)5-6-10-16(13)29-20(25)17(21-10)28-18(24)19(20)7-27-19/h5-6,17-18,21,23-25H,2-4,7H2,1H3. The SMILES string of the molecule is COc1c2c(c(O)c3c4c(ccc13)NC1OC(O)C3(CO3)C1(O)O4)C(=O)CCC2. The lowest BCUT2D eigenvalue weighted by Gasteiger charge is -2.38. The van der Waals surface area contributed by atoms with Crippen molar-refractivity contribution in [1.82, 2.24) is 0 Å². The lowest BCUT2D eigenvalue weighted by Crippen LogP contribution is -2.59. The second kappa shape index (κ2) is 5.31. The van der Waals surface area contributed by atoms with Crippen LogP contribution in [-0.4, -0.2) is 58.7 Å². The first kappa shape index (κ1) is 17.3. The summed E-state index contributed by atoms with van der Waals surface area (Å²) in [5, 5.41) is 36.3. The number of fused-ring (bicyclic) bond motifs is 6. The summed E-state index contributed by atoms with van der Waals surface area (Å²) in [5.41, 5.74) is -0.0611. The van der Waals surface area contributed by atoms with Gasteiger partial charge in [0, 0.05) is 17.4 Å². The van der Waals surface area contributed by atoms with Crippen LogP contribution in [-0.2, 0) is 15.9 Å². The fourth-order valence-electron chi connectivity index (χ4n) is 4.82. The van der Waals surface area contributed by atoms with Crippen LogP contribution < -0.4 is 14.8 Å². The Labute approximate surface area is 164 Å². The molecule has 152 valence electrons. The number of aliphatic hydroxyl groups is 2. The van der Waals surface area contributed by atoms with E-state index < -0.39 is 23.9 Å². The van der Waals surface area contributed by atoms with E-state index in [1.54, 1.807) is 12.1 Å². The summed E-state index contributed by atoms with van der Waals surface area (Å²) < 4.78 is 22.3. The Morgan fingerprint density at radius 3 is 2.83 bits per heavy atom. The smallest absolute Gasteiger partial charge is 0.290 e. The van der Waals surface area contributed by atoms with Crippen LogP contribution in [0.25, 0.3) is 10.8 Å². The third-order valence-corrected chi connectivity index (χ3v) is 6.39. The maximum atomic E-state index is 12.6. The largest absolute Gasteiger partial charge is 0.506 e. The quantitative estimate of drug-likeness (QED) is 0.517. The molecule has 4 unspecified atom stereocenters. The highest BCUT2D eigenvalue weighted by molar-refractivity contribution is 6.12. The van der Waals surface area contributed by atoms with Gasteiger partial charge in [-0.25, -0.2) is 0 Å². The highest BCUT2D eigenvalue weighted by Gasteiger charge is 2.78. The molecule has 9 heteroatoms. The first-order valence-electron chi connectivity index (χ1n) is 9.48. The maximum Gasteiger partial charge on any atom is 0.290 e.